The molecule has 0 unspecified atom stereocenters. The number of rotatable bonds is 8. The molecule has 2 aromatic rings. The molecular weight excluding hydrogens is 344 g/mol. The molecule has 3 N–H and O–H groups in total. The van der Waals surface area contributed by atoms with Crippen LogP contribution >= 0.6 is 11.8 Å². The highest BCUT2D eigenvalue weighted by atomic mass is 32.2. The number of hydrogen-bond donors (Lipinski definition) is 2. The number of carbonyl (C=O) groups excluding carboxylic acids is 3. The minimum Gasteiger partial charge on any atom is -0.467 e. The van der Waals surface area contributed by atoms with E-state index in [0.29, 0.717) is 17.2 Å². The van der Waals surface area contributed by atoms with Crippen LogP contribution in [0.2, 0.25) is 0 Å². The quantitative estimate of drug-likeness (QED) is 0.546. The zero-order chi connectivity index (χ0) is 18.2. The zero-order valence-electron chi connectivity index (χ0n) is 13.6. The third kappa shape index (κ3) is 5.68. The molecule has 1 aromatic carbocycles. The van der Waals surface area contributed by atoms with Gasteiger partial charge in [-0.3, -0.25) is 9.59 Å². The molecule has 0 aliphatic heterocycles. The van der Waals surface area contributed by atoms with Crippen molar-refractivity contribution in [2.45, 2.75) is 24.5 Å². The van der Waals surface area contributed by atoms with Gasteiger partial charge in [-0.1, -0.05) is 12.1 Å². The molecule has 7 nitrogen and oxygen atoms in total. The Morgan fingerprint density at radius 1 is 1.24 bits per heavy atom. The molecule has 0 spiro atoms. The summed E-state index contributed by atoms with van der Waals surface area (Å²) in [6.07, 6.45) is 0.507. The summed E-state index contributed by atoms with van der Waals surface area (Å²) in [7, 11) is 0. The minimum absolute atomic E-state index is 0.121. The second-order valence-electron chi connectivity index (χ2n) is 5.09. The number of hydrogen-bond acceptors (Lipinski definition) is 6. The summed E-state index contributed by atoms with van der Waals surface area (Å²) in [6.45, 7) is 1.70. The first-order chi connectivity index (χ1) is 12.0. The average Bonchev–Trinajstić information content (AvgIpc) is 3.11. The van der Waals surface area contributed by atoms with Gasteiger partial charge < -0.3 is 20.2 Å². The molecule has 0 aliphatic carbocycles. The monoisotopic (exact) mass is 362 g/mol. The van der Waals surface area contributed by atoms with E-state index in [0.717, 1.165) is 0 Å². The maximum atomic E-state index is 12.1. The molecule has 25 heavy (non-hydrogen) atoms. The molecule has 0 saturated carbocycles. The van der Waals surface area contributed by atoms with Crippen molar-refractivity contribution in [2.24, 2.45) is 5.73 Å². The highest BCUT2D eigenvalue weighted by Crippen LogP contribution is 2.23. The fourth-order valence-electron chi connectivity index (χ4n) is 1.84. The van der Waals surface area contributed by atoms with Crippen LogP contribution in [0.15, 0.2) is 52.0 Å². The molecule has 0 saturated heterocycles. The van der Waals surface area contributed by atoms with Crippen molar-refractivity contribution in [3.63, 3.8) is 0 Å². The number of benzene rings is 1. The number of nitrogens with two attached hydrogens (primary N) is 1. The van der Waals surface area contributed by atoms with Crippen molar-refractivity contribution in [3.05, 3.63) is 54.0 Å². The smallest absolute Gasteiger partial charge is 0.340 e. The van der Waals surface area contributed by atoms with E-state index in [4.69, 9.17) is 14.9 Å². The van der Waals surface area contributed by atoms with Crippen LogP contribution in [0.3, 0.4) is 0 Å². The Bertz CT molecular complexity index is 745. The van der Waals surface area contributed by atoms with E-state index in [1.807, 2.05) is 0 Å². The van der Waals surface area contributed by atoms with Crippen molar-refractivity contribution >= 4 is 29.5 Å². The standard InChI is InChI=1S/C17H18N2O5S/c1-11(16(18)21)24-17(22)13-6-2-3-7-14(13)25-10-15(20)19-9-12-5-4-8-23-12/h2-8,11H,9-10H2,1H3,(H2,18,21)(H,19,20)/t11-/m1/s1. The molecule has 0 aliphatic rings. The minimum atomic E-state index is -1.03. The molecule has 2 rings (SSSR count). The first-order valence-electron chi connectivity index (χ1n) is 7.48. The summed E-state index contributed by atoms with van der Waals surface area (Å²) in [5, 5.41) is 2.72. The van der Waals surface area contributed by atoms with Gasteiger partial charge in [-0.15, -0.1) is 11.8 Å². The fraction of sp³-hybridized carbons (Fsp3) is 0.235. The fourth-order valence-corrected chi connectivity index (χ4v) is 2.71. The Kier molecular flexibility index (Phi) is 6.64. The van der Waals surface area contributed by atoms with Crippen molar-refractivity contribution < 1.29 is 23.5 Å². The lowest BCUT2D eigenvalue weighted by Crippen LogP contribution is -2.30. The number of nitrogens with one attached hydrogen (secondary N) is 1. The molecule has 132 valence electrons. The van der Waals surface area contributed by atoms with E-state index in [2.05, 4.69) is 5.32 Å². The average molecular weight is 362 g/mol. The van der Waals surface area contributed by atoms with Crippen LogP contribution < -0.4 is 11.1 Å². The van der Waals surface area contributed by atoms with Gasteiger partial charge in [0.25, 0.3) is 5.91 Å². The second kappa shape index (κ2) is 8.93. The van der Waals surface area contributed by atoms with Gasteiger partial charge in [-0.05, 0) is 31.2 Å². The number of carbonyl (C=O) groups is 3. The molecule has 0 fully saturated rings. The summed E-state index contributed by atoms with van der Waals surface area (Å²) in [5.41, 5.74) is 5.37. The van der Waals surface area contributed by atoms with Crippen molar-refractivity contribution in [1.82, 2.24) is 5.32 Å². The SMILES string of the molecule is C[C@@H](OC(=O)c1ccccc1SCC(=O)NCc1ccco1)C(N)=O. The van der Waals surface area contributed by atoms with Crippen LogP contribution in [-0.4, -0.2) is 29.6 Å². The lowest BCUT2D eigenvalue weighted by atomic mass is 10.2. The summed E-state index contributed by atoms with van der Waals surface area (Å²) in [4.78, 5) is 35.7. The number of thioether (sulfide) groups is 1. The molecule has 1 aromatic heterocycles. The second-order valence-corrected chi connectivity index (χ2v) is 6.11. The summed E-state index contributed by atoms with van der Waals surface area (Å²) in [6, 6.07) is 10.2. The predicted octanol–water partition coefficient (Wildman–Crippen LogP) is 1.72. The highest BCUT2D eigenvalue weighted by molar-refractivity contribution is 8.00. The van der Waals surface area contributed by atoms with Gasteiger partial charge in [0.1, 0.15) is 5.76 Å². The molecule has 8 heteroatoms. The lowest BCUT2D eigenvalue weighted by Gasteiger charge is -2.12. The molecule has 1 heterocycles. The Morgan fingerprint density at radius 3 is 2.68 bits per heavy atom. The third-order valence-corrected chi connectivity index (χ3v) is 4.26. The number of ether oxygens (including phenoxy) is 1. The van der Waals surface area contributed by atoms with E-state index < -0.39 is 18.0 Å². The van der Waals surface area contributed by atoms with Crippen LogP contribution in [-0.2, 0) is 20.9 Å². The van der Waals surface area contributed by atoms with Crippen molar-refractivity contribution in [1.29, 1.82) is 0 Å². The molecular formula is C17H18N2O5S. The van der Waals surface area contributed by atoms with Crippen LogP contribution in [0.25, 0.3) is 0 Å². The Labute approximate surface area is 148 Å². The van der Waals surface area contributed by atoms with Crippen molar-refractivity contribution in [2.75, 3.05) is 5.75 Å². The number of amides is 2. The summed E-state index contributed by atoms with van der Waals surface area (Å²) < 4.78 is 10.1. The Morgan fingerprint density at radius 2 is 2.00 bits per heavy atom. The largest absolute Gasteiger partial charge is 0.467 e. The maximum absolute atomic E-state index is 12.1. The predicted molar refractivity (Wildman–Crippen MR) is 91.8 cm³/mol. The lowest BCUT2D eigenvalue weighted by molar-refractivity contribution is -0.125. The molecule has 0 bridgehead atoms. The summed E-state index contributed by atoms with van der Waals surface area (Å²) in [5.74, 6) is -0.810. The molecule has 0 radical (unpaired) electrons. The van der Waals surface area contributed by atoms with Gasteiger partial charge in [0.05, 0.1) is 24.1 Å². The topological polar surface area (TPSA) is 112 Å². The van der Waals surface area contributed by atoms with E-state index in [9.17, 15) is 14.4 Å². The number of primary amides is 1. The van der Waals surface area contributed by atoms with Crippen molar-refractivity contribution in [3.8, 4) is 0 Å². The van der Waals surface area contributed by atoms with Gasteiger partial charge >= 0.3 is 5.97 Å². The normalized spacial score (nSPS) is 11.6. The van der Waals surface area contributed by atoms with Gasteiger partial charge in [0, 0.05) is 4.90 Å². The Balaban J connectivity index is 1.92. The van der Waals surface area contributed by atoms with E-state index >= 15 is 0 Å². The van der Waals surface area contributed by atoms with Gasteiger partial charge in [0.2, 0.25) is 5.91 Å². The van der Waals surface area contributed by atoms with Gasteiger partial charge in [-0.25, -0.2) is 4.79 Å². The summed E-state index contributed by atoms with van der Waals surface area (Å²) >= 11 is 1.20. The first-order valence-corrected chi connectivity index (χ1v) is 8.47. The van der Waals surface area contributed by atoms with E-state index in [-0.39, 0.29) is 17.2 Å². The third-order valence-electron chi connectivity index (χ3n) is 3.19. The van der Waals surface area contributed by atoms with Crippen LogP contribution in [0, 0.1) is 0 Å². The molecule has 2 amide bonds. The Hall–Kier alpha value is -2.74. The zero-order valence-corrected chi connectivity index (χ0v) is 14.4. The highest BCUT2D eigenvalue weighted by Gasteiger charge is 2.19. The number of furan rings is 1. The van der Waals surface area contributed by atoms with Crippen LogP contribution in [0.4, 0.5) is 0 Å². The van der Waals surface area contributed by atoms with E-state index in [1.54, 1.807) is 36.4 Å². The van der Waals surface area contributed by atoms with Crippen LogP contribution in [0.5, 0.6) is 0 Å². The van der Waals surface area contributed by atoms with Gasteiger partial charge in [0.15, 0.2) is 6.10 Å². The van der Waals surface area contributed by atoms with Crippen LogP contribution in [0.1, 0.15) is 23.0 Å². The van der Waals surface area contributed by atoms with E-state index in [1.165, 1.54) is 24.9 Å². The number of esters is 1. The van der Waals surface area contributed by atoms with Gasteiger partial charge in [-0.2, -0.15) is 0 Å². The molecule has 1 atom stereocenters. The maximum Gasteiger partial charge on any atom is 0.340 e. The first kappa shape index (κ1) is 18.6.